The second-order valence-electron chi connectivity index (χ2n) is 2.39. The summed E-state index contributed by atoms with van der Waals surface area (Å²) in [5.74, 6) is -0.346. The van der Waals surface area contributed by atoms with Gasteiger partial charge in [-0.25, -0.2) is 5.73 Å². The smallest absolute Gasteiger partial charge is 0.324 e. The molecule has 3 nitrogen and oxygen atoms in total. The van der Waals surface area contributed by atoms with Gasteiger partial charge in [-0.15, -0.1) is 0 Å². The summed E-state index contributed by atoms with van der Waals surface area (Å²) in [7, 11) is 1.31. The molecule has 0 aliphatic heterocycles. The highest BCUT2D eigenvalue weighted by Gasteiger charge is 2.20. The summed E-state index contributed by atoms with van der Waals surface area (Å²) >= 11 is 0. The van der Waals surface area contributed by atoms with Gasteiger partial charge in [-0.05, 0) is 5.92 Å². The molecule has 0 spiro atoms. The highest BCUT2D eigenvalue weighted by molar-refractivity contribution is 5.75. The summed E-state index contributed by atoms with van der Waals surface area (Å²) < 4.78 is 4.41. The third kappa shape index (κ3) is 2.35. The first-order chi connectivity index (χ1) is 4.63. The minimum Gasteiger partial charge on any atom is -0.468 e. The molecule has 0 rings (SSSR count). The second kappa shape index (κ2) is 4.28. The zero-order valence-corrected chi connectivity index (χ0v) is 6.68. The first-order valence-electron chi connectivity index (χ1n) is 3.42. The van der Waals surface area contributed by atoms with Gasteiger partial charge in [-0.2, -0.15) is 0 Å². The lowest BCUT2D eigenvalue weighted by Crippen LogP contribution is -2.30. The fraction of sp³-hybridized carbons (Fsp3) is 0.857. The molecule has 2 unspecified atom stereocenters. The third-order valence-electron chi connectivity index (χ3n) is 1.67. The van der Waals surface area contributed by atoms with Gasteiger partial charge in [0.1, 0.15) is 6.04 Å². The number of carbonyl (C=O) groups is 1. The molecule has 1 radical (unpaired) electrons. The molecule has 2 atom stereocenters. The summed E-state index contributed by atoms with van der Waals surface area (Å²) in [5.41, 5.74) is 7.31. The van der Waals surface area contributed by atoms with Gasteiger partial charge in [0.15, 0.2) is 0 Å². The fourth-order valence-electron chi connectivity index (χ4n) is 0.595. The number of esters is 1. The van der Waals surface area contributed by atoms with E-state index in [4.69, 9.17) is 5.73 Å². The zero-order chi connectivity index (χ0) is 8.15. The van der Waals surface area contributed by atoms with Crippen LogP contribution in [0.5, 0.6) is 0 Å². The number of methoxy groups -OCH3 is 1. The molecule has 59 valence electrons. The van der Waals surface area contributed by atoms with Gasteiger partial charge >= 0.3 is 5.97 Å². The van der Waals surface area contributed by atoms with Crippen molar-refractivity contribution in [1.82, 2.24) is 5.73 Å². The molecule has 0 aromatic carbocycles. The van der Waals surface area contributed by atoms with Crippen molar-refractivity contribution in [3.05, 3.63) is 0 Å². The average Bonchev–Trinajstić information content (AvgIpc) is 2.00. The summed E-state index contributed by atoms with van der Waals surface area (Å²) in [6.07, 6.45) is 0.837. The van der Waals surface area contributed by atoms with Gasteiger partial charge in [-0.3, -0.25) is 4.79 Å². The van der Waals surface area contributed by atoms with E-state index in [2.05, 4.69) is 4.74 Å². The molecule has 0 bridgehead atoms. The van der Waals surface area contributed by atoms with Crippen LogP contribution < -0.4 is 5.73 Å². The molecule has 0 aromatic rings. The Morgan fingerprint density at radius 1 is 1.70 bits per heavy atom. The van der Waals surface area contributed by atoms with Crippen molar-refractivity contribution in [2.45, 2.75) is 26.3 Å². The van der Waals surface area contributed by atoms with E-state index in [0.29, 0.717) is 0 Å². The summed E-state index contributed by atoms with van der Waals surface area (Å²) in [6.45, 7) is 3.82. The first kappa shape index (κ1) is 9.43. The Kier molecular flexibility index (Phi) is 4.03. The molecule has 0 saturated carbocycles. The quantitative estimate of drug-likeness (QED) is 0.551. The lowest BCUT2D eigenvalue weighted by Gasteiger charge is -2.13. The van der Waals surface area contributed by atoms with Crippen LogP contribution in [0.2, 0.25) is 0 Å². The number of nitrogens with one attached hydrogen (secondary N) is 1. The first-order valence-corrected chi connectivity index (χ1v) is 3.42. The molecule has 0 amide bonds. The van der Waals surface area contributed by atoms with Gasteiger partial charge in [0, 0.05) is 0 Å². The standard InChI is InChI=1S/C7H14NO2/c1-4-5(2)6(8)7(9)10-3/h5-6,8H,4H2,1-3H3. The van der Waals surface area contributed by atoms with Crippen LogP contribution in [-0.2, 0) is 9.53 Å². The normalized spacial score (nSPS) is 16.0. The molecule has 0 aliphatic rings. The molecular weight excluding hydrogens is 130 g/mol. The van der Waals surface area contributed by atoms with Crippen LogP contribution in [0, 0.1) is 5.92 Å². The lowest BCUT2D eigenvalue weighted by molar-refractivity contribution is -0.143. The Morgan fingerprint density at radius 2 is 2.20 bits per heavy atom. The maximum atomic E-state index is 10.7. The van der Waals surface area contributed by atoms with Crippen LogP contribution in [0.15, 0.2) is 0 Å². The minimum atomic E-state index is -0.713. The Hall–Kier alpha value is -0.570. The van der Waals surface area contributed by atoms with E-state index < -0.39 is 12.0 Å². The fourth-order valence-corrected chi connectivity index (χ4v) is 0.595. The van der Waals surface area contributed by atoms with Crippen molar-refractivity contribution in [3.63, 3.8) is 0 Å². The minimum absolute atomic E-state index is 0.0902. The van der Waals surface area contributed by atoms with Crippen molar-refractivity contribution in [2.75, 3.05) is 7.11 Å². The number of rotatable bonds is 3. The van der Waals surface area contributed by atoms with Crippen LogP contribution in [0.4, 0.5) is 0 Å². The Bertz CT molecular complexity index is 114. The molecule has 0 heterocycles. The molecule has 0 fully saturated rings. The Morgan fingerprint density at radius 3 is 2.50 bits per heavy atom. The second-order valence-corrected chi connectivity index (χ2v) is 2.39. The molecule has 0 saturated heterocycles. The van der Waals surface area contributed by atoms with Crippen LogP contribution in [0.3, 0.4) is 0 Å². The van der Waals surface area contributed by atoms with Crippen molar-refractivity contribution in [1.29, 1.82) is 0 Å². The molecule has 3 heteroatoms. The predicted molar refractivity (Wildman–Crippen MR) is 38.4 cm³/mol. The highest BCUT2D eigenvalue weighted by Crippen LogP contribution is 2.07. The number of carbonyl (C=O) groups excluding carboxylic acids is 1. The number of ether oxygens (including phenoxy) is 1. The molecule has 0 aromatic heterocycles. The summed E-state index contributed by atoms with van der Waals surface area (Å²) in [6, 6.07) is -0.713. The van der Waals surface area contributed by atoms with E-state index in [1.165, 1.54) is 7.11 Å². The Labute approximate surface area is 61.5 Å². The number of hydrogen-bond donors (Lipinski definition) is 0. The maximum Gasteiger partial charge on any atom is 0.324 e. The van der Waals surface area contributed by atoms with Gasteiger partial charge < -0.3 is 4.74 Å². The molecule has 0 aliphatic carbocycles. The van der Waals surface area contributed by atoms with Crippen LogP contribution >= 0.6 is 0 Å². The molecular formula is C7H14NO2. The van der Waals surface area contributed by atoms with E-state index in [9.17, 15) is 4.79 Å². The lowest BCUT2D eigenvalue weighted by atomic mass is 10.0. The van der Waals surface area contributed by atoms with E-state index in [0.717, 1.165) is 6.42 Å². The van der Waals surface area contributed by atoms with Crippen molar-refractivity contribution < 1.29 is 9.53 Å². The largest absolute Gasteiger partial charge is 0.468 e. The predicted octanol–water partition coefficient (Wildman–Crippen LogP) is 0.857. The van der Waals surface area contributed by atoms with Crippen molar-refractivity contribution in [2.24, 2.45) is 5.92 Å². The SMILES string of the molecule is CCC(C)C([NH])C(=O)OC. The highest BCUT2D eigenvalue weighted by atomic mass is 16.5. The number of hydrogen-bond acceptors (Lipinski definition) is 2. The van der Waals surface area contributed by atoms with Crippen LogP contribution in [0.1, 0.15) is 20.3 Å². The van der Waals surface area contributed by atoms with E-state index >= 15 is 0 Å². The van der Waals surface area contributed by atoms with Gasteiger partial charge in [-0.1, -0.05) is 20.3 Å². The van der Waals surface area contributed by atoms with Gasteiger partial charge in [0.2, 0.25) is 0 Å². The Balaban J connectivity index is 3.81. The zero-order valence-electron chi connectivity index (χ0n) is 6.68. The van der Waals surface area contributed by atoms with Crippen molar-refractivity contribution in [3.8, 4) is 0 Å². The van der Waals surface area contributed by atoms with Crippen molar-refractivity contribution >= 4 is 5.97 Å². The topological polar surface area (TPSA) is 50.1 Å². The summed E-state index contributed by atoms with van der Waals surface area (Å²) in [4.78, 5) is 10.7. The van der Waals surface area contributed by atoms with Gasteiger partial charge in [0.25, 0.3) is 0 Å². The monoisotopic (exact) mass is 144 g/mol. The van der Waals surface area contributed by atoms with E-state index in [-0.39, 0.29) is 5.92 Å². The van der Waals surface area contributed by atoms with Crippen LogP contribution in [-0.4, -0.2) is 19.1 Å². The molecule has 1 N–H and O–H groups in total. The van der Waals surface area contributed by atoms with Crippen LogP contribution in [0.25, 0.3) is 0 Å². The average molecular weight is 144 g/mol. The maximum absolute atomic E-state index is 10.7. The summed E-state index contributed by atoms with van der Waals surface area (Å²) in [5, 5.41) is 0. The van der Waals surface area contributed by atoms with Gasteiger partial charge in [0.05, 0.1) is 7.11 Å². The van der Waals surface area contributed by atoms with E-state index in [1.807, 2.05) is 13.8 Å². The van der Waals surface area contributed by atoms with E-state index in [1.54, 1.807) is 0 Å². The molecule has 10 heavy (non-hydrogen) atoms. The third-order valence-corrected chi connectivity index (χ3v) is 1.67.